The lowest BCUT2D eigenvalue weighted by Gasteiger charge is -2.20. The monoisotopic (exact) mass is 408 g/mol. The number of anilines is 1. The summed E-state index contributed by atoms with van der Waals surface area (Å²) in [5.74, 6) is -0.744. The van der Waals surface area contributed by atoms with Gasteiger partial charge in [-0.1, -0.05) is 11.3 Å². The Morgan fingerprint density at radius 2 is 1.83 bits per heavy atom. The van der Waals surface area contributed by atoms with Crippen LogP contribution >= 0.6 is 11.3 Å². The molecule has 9 heteroatoms. The first-order valence-electron chi connectivity index (χ1n) is 8.52. The first-order chi connectivity index (χ1) is 14.0. The highest BCUT2D eigenvalue weighted by Crippen LogP contribution is 2.31. The van der Waals surface area contributed by atoms with Gasteiger partial charge in [-0.2, -0.15) is 0 Å². The lowest BCUT2D eigenvalue weighted by Crippen LogP contribution is -2.30. The minimum atomic E-state index is -0.523. The quantitative estimate of drug-likeness (QED) is 0.356. The van der Waals surface area contributed by atoms with Crippen LogP contribution < -0.4 is 4.90 Å². The van der Waals surface area contributed by atoms with Crippen molar-refractivity contribution in [1.29, 1.82) is 0 Å². The molecule has 0 bridgehead atoms. The number of aromatic nitrogens is 2. The third-order valence-corrected chi connectivity index (χ3v) is 5.27. The van der Waals surface area contributed by atoms with Crippen molar-refractivity contribution in [3.8, 4) is 0 Å². The van der Waals surface area contributed by atoms with E-state index in [0.29, 0.717) is 15.3 Å². The van der Waals surface area contributed by atoms with Gasteiger partial charge in [-0.15, -0.1) is 0 Å². The van der Waals surface area contributed by atoms with E-state index in [1.165, 1.54) is 52.6 Å². The van der Waals surface area contributed by atoms with Crippen molar-refractivity contribution < 1.29 is 14.1 Å². The van der Waals surface area contributed by atoms with Crippen LogP contribution in [0.1, 0.15) is 15.9 Å². The standard InChI is InChI=1S/C20H13FN4O3S/c21-15-3-6-17-18(11-15)29-20(23-17)24(12-13-7-9-22-10-8-13)19(26)14-1-4-16(5-2-14)25(27)28/h1-11H,12H2. The van der Waals surface area contributed by atoms with E-state index < -0.39 is 4.92 Å². The van der Waals surface area contributed by atoms with E-state index in [1.807, 2.05) is 0 Å². The van der Waals surface area contributed by atoms with E-state index in [2.05, 4.69) is 9.97 Å². The smallest absolute Gasteiger partial charge is 0.269 e. The molecule has 4 aromatic rings. The predicted octanol–water partition coefficient (Wildman–Crippen LogP) is 4.59. The van der Waals surface area contributed by atoms with Gasteiger partial charge < -0.3 is 0 Å². The number of hydrogen-bond donors (Lipinski definition) is 0. The van der Waals surface area contributed by atoms with Crippen LogP contribution in [0, 0.1) is 15.9 Å². The molecule has 0 spiro atoms. The van der Waals surface area contributed by atoms with E-state index in [9.17, 15) is 19.3 Å². The molecule has 7 nitrogen and oxygen atoms in total. The fourth-order valence-corrected chi connectivity index (χ4v) is 3.77. The van der Waals surface area contributed by atoms with Crippen LogP contribution in [0.5, 0.6) is 0 Å². The van der Waals surface area contributed by atoms with Gasteiger partial charge in [-0.05, 0) is 48.0 Å². The Kier molecular flexibility index (Phi) is 4.96. The Balaban J connectivity index is 1.74. The van der Waals surface area contributed by atoms with Crippen LogP contribution in [0.4, 0.5) is 15.2 Å². The fraction of sp³-hybridized carbons (Fsp3) is 0.0500. The summed E-state index contributed by atoms with van der Waals surface area (Å²) in [6, 6.07) is 13.2. The maximum atomic E-state index is 13.6. The average molecular weight is 408 g/mol. The summed E-state index contributed by atoms with van der Waals surface area (Å²) in [5.41, 5.74) is 1.61. The van der Waals surface area contributed by atoms with Gasteiger partial charge in [0.25, 0.3) is 11.6 Å². The van der Waals surface area contributed by atoms with Gasteiger partial charge in [0, 0.05) is 30.1 Å². The van der Waals surface area contributed by atoms with Crippen LogP contribution in [0.25, 0.3) is 10.2 Å². The van der Waals surface area contributed by atoms with Gasteiger partial charge in [-0.25, -0.2) is 9.37 Å². The number of halogens is 1. The van der Waals surface area contributed by atoms with Crippen molar-refractivity contribution in [2.75, 3.05) is 4.90 Å². The van der Waals surface area contributed by atoms with Gasteiger partial charge in [0.2, 0.25) is 0 Å². The number of non-ortho nitro benzene ring substituents is 1. The highest BCUT2D eigenvalue weighted by atomic mass is 32.1. The molecule has 0 aliphatic carbocycles. The van der Waals surface area contributed by atoms with E-state index >= 15 is 0 Å². The fourth-order valence-electron chi connectivity index (χ4n) is 2.78. The number of hydrogen-bond acceptors (Lipinski definition) is 6. The Bertz CT molecular complexity index is 1200. The Morgan fingerprint density at radius 1 is 1.10 bits per heavy atom. The van der Waals surface area contributed by atoms with Crippen LogP contribution in [-0.2, 0) is 6.54 Å². The molecule has 0 saturated heterocycles. The maximum Gasteiger partial charge on any atom is 0.269 e. The van der Waals surface area contributed by atoms with E-state index in [0.717, 1.165) is 5.56 Å². The second-order valence-electron chi connectivity index (χ2n) is 6.16. The Hall–Kier alpha value is -3.72. The molecule has 0 unspecified atom stereocenters. The molecule has 0 aliphatic heterocycles. The van der Waals surface area contributed by atoms with Gasteiger partial charge in [0.15, 0.2) is 5.13 Å². The number of nitro benzene ring substituents is 1. The molecule has 2 aromatic heterocycles. The Labute approximate surface area is 168 Å². The molecule has 0 atom stereocenters. The molecule has 2 aromatic carbocycles. The van der Waals surface area contributed by atoms with E-state index in [4.69, 9.17) is 0 Å². The van der Waals surface area contributed by atoms with Gasteiger partial charge in [0.1, 0.15) is 5.82 Å². The lowest BCUT2D eigenvalue weighted by molar-refractivity contribution is -0.384. The first kappa shape index (κ1) is 18.6. The molecule has 4 rings (SSSR count). The zero-order valence-electron chi connectivity index (χ0n) is 14.9. The number of nitrogens with zero attached hydrogens (tertiary/aromatic N) is 4. The summed E-state index contributed by atoms with van der Waals surface area (Å²) >= 11 is 1.20. The van der Waals surface area contributed by atoms with Crippen LogP contribution in [0.2, 0.25) is 0 Å². The lowest BCUT2D eigenvalue weighted by atomic mass is 10.1. The second-order valence-corrected chi connectivity index (χ2v) is 7.17. The largest absolute Gasteiger partial charge is 0.279 e. The molecule has 1 amide bonds. The van der Waals surface area contributed by atoms with Crippen molar-refractivity contribution in [1.82, 2.24) is 9.97 Å². The van der Waals surface area contributed by atoms with Crippen LogP contribution in [0.15, 0.2) is 67.0 Å². The zero-order chi connectivity index (χ0) is 20.4. The number of benzene rings is 2. The molecule has 2 heterocycles. The first-order valence-corrected chi connectivity index (χ1v) is 9.34. The topological polar surface area (TPSA) is 89.2 Å². The maximum absolute atomic E-state index is 13.6. The Morgan fingerprint density at radius 3 is 2.52 bits per heavy atom. The van der Waals surface area contributed by atoms with Gasteiger partial charge in [-0.3, -0.25) is 24.8 Å². The van der Waals surface area contributed by atoms with Gasteiger partial charge in [0.05, 0.1) is 21.7 Å². The summed E-state index contributed by atoms with van der Waals surface area (Å²) in [4.78, 5) is 33.5. The third kappa shape index (κ3) is 3.94. The normalized spacial score (nSPS) is 10.8. The molecule has 0 N–H and O–H groups in total. The molecule has 0 fully saturated rings. The van der Waals surface area contributed by atoms with Gasteiger partial charge >= 0.3 is 0 Å². The molecule has 29 heavy (non-hydrogen) atoms. The molecular weight excluding hydrogens is 395 g/mol. The number of amides is 1. The van der Waals surface area contributed by atoms with Crippen LogP contribution in [0.3, 0.4) is 0 Å². The zero-order valence-corrected chi connectivity index (χ0v) is 15.7. The van der Waals surface area contributed by atoms with Crippen molar-refractivity contribution in [3.63, 3.8) is 0 Å². The second kappa shape index (κ2) is 7.72. The third-order valence-electron chi connectivity index (χ3n) is 4.23. The van der Waals surface area contributed by atoms with E-state index in [-0.39, 0.29) is 29.5 Å². The average Bonchev–Trinajstić information content (AvgIpc) is 3.15. The number of pyridine rings is 1. The number of rotatable bonds is 5. The number of fused-ring (bicyclic) bond motifs is 1. The summed E-state index contributed by atoms with van der Waals surface area (Å²) in [6.45, 7) is 0.223. The number of carbonyl (C=O) groups excluding carboxylic acids is 1. The molecule has 0 saturated carbocycles. The summed E-state index contributed by atoms with van der Waals surface area (Å²) < 4.78 is 14.2. The summed E-state index contributed by atoms with van der Waals surface area (Å²) in [5, 5.41) is 11.3. The van der Waals surface area contributed by atoms with Crippen LogP contribution in [-0.4, -0.2) is 20.8 Å². The molecular formula is C20H13FN4O3S. The molecule has 144 valence electrons. The number of nitro groups is 1. The minimum Gasteiger partial charge on any atom is -0.279 e. The number of carbonyl (C=O) groups is 1. The predicted molar refractivity (Wildman–Crippen MR) is 107 cm³/mol. The summed E-state index contributed by atoms with van der Waals surface area (Å²) in [6.07, 6.45) is 3.25. The van der Waals surface area contributed by atoms with Crippen molar-refractivity contribution in [2.45, 2.75) is 6.54 Å². The molecule has 0 aliphatic rings. The van der Waals surface area contributed by atoms with E-state index in [1.54, 1.807) is 30.6 Å². The molecule has 0 radical (unpaired) electrons. The summed E-state index contributed by atoms with van der Waals surface area (Å²) in [7, 11) is 0. The van der Waals surface area contributed by atoms with Crippen molar-refractivity contribution in [3.05, 3.63) is 94.0 Å². The highest BCUT2D eigenvalue weighted by molar-refractivity contribution is 7.22. The highest BCUT2D eigenvalue weighted by Gasteiger charge is 2.22. The SMILES string of the molecule is O=C(c1ccc([N+](=O)[O-])cc1)N(Cc1ccncc1)c1nc2ccc(F)cc2s1. The number of thiazole rings is 1. The van der Waals surface area contributed by atoms with Crippen molar-refractivity contribution in [2.24, 2.45) is 0 Å². The minimum absolute atomic E-state index is 0.0994. The van der Waals surface area contributed by atoms with Crippen molar-refractivity contribution >= 4 is 38.3 Å².